The lowest BCUT2D eigenvalue weighted by Crippen LogP contribution is -2.26. The van der Waals surface area contributed by atoms with Crippen LogP contribution in [0, 0.1) is 6.92 Å². The fourth-order valence-electron chi connectivity index (χ4n) is 2.26. The first-order valence-electron chi connectivity index (χ1n) is 6.90. The molecule has 0 saturated carbocycles. The Kier molecular flexibility index (Phi) is 4.11. The number of aryl methyl sites for hydroxylation is 1. The summed E-state index contributed by atoms with van der Waals surface area (Å²) in [4.78, 5) is 0. The highest BCUT2D eigenvalue weighted by molar-refractivity contribution is 14.2. The zero-order chi connectivity index (χ0) is 15.9. The molecule has 0 amide bonds. The van der Waals surface area contributed by atoms with Crippen molar-refractivity contribution in [3.8, 4) is 11.5 Å². The second-order valence-electron chi connectivity index (χ2n) is 6.23. The first kappa shape index (κ1) is 15.7. The van der Waals surface area contributed by atoms with E-state index in [1.807, 2.05) is 6.07 Å². The van der Waals surface area contributed by atoms with Crippen LogP contribution in [0.25, 0.3) is 22.4 Å². The molecule has 0 unspecified atom stereocenters. The highest BCUT2D eigenvalue weighted by atomic mass is 127. The van der Waals surface area contributed by atoms with Crippen LogP contribution in [0.2, 0.25) is 0 Å². The number of nitrogens with zero attached hydrogens (tertiary/aromatic N) is 3. The Morgan fingerprint density at radius 1 is 1.27 bits per heavy atom. The van der Waals surface area contributed by atoms with Crippen molar-refractivity contribution in [2.45, 2.75) is 33.2 Å². The number of aromatic nitrogens is 3. The summed E-state index contributed by atoms with van der Waals surface area (Å²) in [6, 6.07) is 6.64. The summed E-state index contributed by atoms with van der Waals surface area (Å²) >= 11 is 2.28. The van der Waals surface area contributed by atoms with Gasteiger partial charge >= 0.3 is 6.01 Å². The number of nitrogens with one attached hydrogen (secondary N) is 1. The van der Waals surface area contributed by atoms with E-state index in [-0.39, 0.29) is 5.54 Å². The third-order valence-electron chi connectivity index (χ3n) is 3.20. The van der Waals surface area contributed by atoms with Gasteiger partial charge in [0.25, 0.3) is 0 Å². The molecule has 2 heterocycles. The molecular weight excluding hydrogens is 411 g/mol. The first-order chi connectivity index (χ1) is 10.4. The van der Waals surface area contributed by atoms with E-state index in [1.165, 1.54) is 16.5 Å². The van der Waals surface area contributed by atoms with Gasteiger partial charge in [0.1, 0.15) is 0 Å². The maximum atomic E-state index is 5.72. The smallest absolute Gasteiger partial charge is 0.316 e. The van der Waals surface area contributed by atoms with Crippen LogP contribution in [-0.2, 0) is 0 Å². The Morgan fingerprint density at radius 3 is 2.73 bits per heavy atom. The summed E-state index contributed by atoms with van der Waals surface area (Å²) < 4.78 is 7.87. The molecule has 1 N–H and O–H groups in total. The average Bonchev–Trinajstić information content (AvgIpc) is 3.02. The first-order valence-corrected chi connectivity index (χ1v) is 10.2. The zero-order valence-electron chi connectivity index (χ0n) is 12.8. The predicted octanol–water partition coefficient (Wildman–Crippen LogP) is 5.06. The molecule has 0 atom stereocenters. The lowest BCUT2D eigenvalue weighted by Gasteiger charge is -2.17. The predicted molar refractivity (Wildman–Crippen MR) is 100 cm³/mol. The van der Waals surface area contributed by atoms with Crippen molar-refractivity contribution >= 4 is 47.2 Å². The van der Waals surface area contributed by atoms with Crippen molar-refractivity contribution in [3.05, 3.63) is 30.0 Å². The fraction of sp³-hybridized carbons (Fsp3) is 0.333. The van der Waals surface area contributed by atoms with Crippen LogP contribution in [-0.4, -0.2) is 19.7 Å². The molecule has 3 aromatic rings. The molecule has 2 aromatic heterocycles. The number of rotatable bonds is 3. The lowest BCUT2D eigenvalue weighted by molar-refractivity contribution is 0.538. The second kappa shape index (κ2) is 5.77. The van der Waals surface area contributed by atoms with E-state index in [0.29, 0.717) is 11.9 Å². The van der Waals surface area contributed by atoms with E-state index in [0.717, 1.165) is 5.56 Å². The highest BCUT2D eigenvalue weighted by Gasteiger charge is 2.16. The van der Waals surface area contributed by atoms with E-state index in [4.69, 9.17) is 4.42 Å². The number of hydrogen-bond acceptors (Lipinski definition) is 5. The molecule has 0 bridgehead atoms. The maximum absolute atomic E-state index is 5.72. The van der Waals surface area contributed by atoms with Gasteiger partial charge in [0.05, 0.1) is 5.52 Å². The van der Waals surface area contributed by atoms with Gasteiger partial charge in [-0.2, -0.15) is 0 Å². The molecule has 22 heavy (non-hydrogen) atoms. The molecule has 0 fully saturated rings. The maximum Gasteiger partial charge on any atom is 0.316 e. The van der Waals surface area contributed by atoms with Crippen LogP contribution < -0.4 is 5.32 Å². The highest BCUT2D eigenvalue weighted by Crippen LogP contribution is 2.31. The van der Waals surface area contributed by atoms with Gasteiger partial charge in [-0.3, -0.25) is 3.97 Å². The largest absolute Gasteiger partial charge is 0.403 e. The van der Waals surface area contributed by atoms with Crippen molar-refractivity contribution in [1.82, 2.24) is 14.2 Å². The van der Waals surface area contributed by atoms with E-state index < -0.39 is 0 Å². The summed E-state index contributed by atoms with van der Waals surface area (Å²) in [6.07, 6.45) is 2.13. The van der Waals surface area contributed by atoms with E-state index in [9.17, 15) is 0 Å². The Balaban J connectivity index is 1.98. The van der Waals surface area contributed by atoms with Crippen molar-refractivity contribution in [2.24, 2.45) is 0 Å². The van der Waals surface area contributed by atoms with Gasteiger partial charge < -0.3 is 9.73 Å². The summed E-state index contributed by atoms with van der Waals surface area (Å²) in [5, 5.41) is 12.6. The van der Waals surface area contributed by atoms with E-state index >= 15 is 0 Å². The number of fused-ring (bicyclic) bond motifs is 1. The van der Waals surface area contributed by atoms with Gasteiger partial charge in [0, 0.05) is 53.0 Å². The van der Waals surface area contributed by atoms with Crippen LogP contribution in [0.5, 0.6) is 0 Å². The molecular formula is C15H17IN4OS. The number of anilines is 1. The second-order valence-corrected chi connectivity index (χ2v) is 7.94. The Labute approximate surface area is 145 Å². The van der Waals surface area contributed by atoms with Crippen molar-refractivity contribution < 1.29 is 4.42 Å². The third kappa shape index (κ3) is 3.10. The minimum Gasteiger partial charge on any atom is -0.403 e. The quantitative estimate of drug-likeness (QED) is 0.592. The molecule has 0 aliphatic heterocycles. The molecule has 3 rings (SSSR count). The minimum absolute atomic E-state index is 0.112. The van der Waals surface area contributed by atoms with Crippen LogP contribution in [0.15, 0.2) is 28.8 Å². The average molecular weight is 428 g/mol. The van der Waals surface area contributed by atoms with Gasteiger partial charge in [0.2, 0.25) is 5.89 Å². The number of halogens is 1. The topological polar surface area (TPSA) is 55.9 Å². The molecule has 0 spiro atoms. The Morgan fingerprint density at radius 2 is 2.05 bits per heavy atom. The van der Waals surface area contributed by atoms with Crippen LogP contribution in [0.3, 0.4) is 0 Å². The number of hydrogen-bond donors (Lipinski definition) is 1. The van der Waals surface area contributed by atoms with E-state index in [2.05, 4.69) is 86.7 Å². The van der Waals surface area contributed by atoms with Gasteiger partial charge in [-0.05, 0) is 51.5 Å². The molecule has 0 saturated heterocycles. The molecule has 0 radical (unpaired) electrons. The minimum atomic E-state index is -0.112. The van der Waals surface area contributed by atoms with Crippen LogP contribution in [0.4, 0.5) is 6.01 Å². The molecule has 116 valence electrons. The monoisotopic (exact) mass is 428 g/mol. The standard InChI is InChI=1S/C15H17IN4OS/c1-9-8-20(22-16)12-6-5-10(7-11(9)12)13-18-19-14(21-13)17-15(2,3)4/h5-8H,1-4H3,(H,17,19). The molecule has 0 aliphatic rings. The van der Waals surface area contributed by atoms with Gasteiger partial charge in [-0.25, -0.2) is 0 Å². The summed E-state index contributed by atoms with van der Waals surface area (Å²) in [7, 11) is 1.66. The molecule has 5 nitrogen and oxygen atoms in total. The fourth-order valence-corrected chi connectivity index (χ4v) is 3.67. The summed E-state index contributed by atoms with van der Waals surface area (Å²) in [6.45, 7) is 8.26. The zero-order valence-corrected chi connectivity index (χ0v) is 15.8. The van der Waals surface area contributed by atoms with Crippen LogP contribution >= 0.6 is 30.3 Å². The third-order valence-corrected chi connectivity index (χ3v) is 4.92. The van der Waals surface area contributed by atoms with Crippen molar-refractivity contribution in [1.29, 1.82) is 0 Å². The van der Waals surface area contributed by atoms with Gasteiger partial charge in [-0.1, -0.05) is 5.10 Å². The summed E-state index contributed by atoms with van der Waals surface area (Å²) in [5.74, 6) is 0.530. The molecule has 0 aliphatic carbocycles. The lowest BCUT2D eigenvalue weighted by atomic mass is 10.1. The Hall–Kier alpha value is -1.22. The number of benzene rings is 1. The summed E-state index contributed by atoms with van der Waals surface area (Å²) in [5.41, 5.74) is 3.24. The normalized spacial score (nSPS) is 12.0. The van der Waals surface area contributed by atoms with Crippen molar-refractivity contribution in [2.75, 3.05) is 5.32 Å². The van der Waals surface area contributed by atoms with Gasteiger partial charge in [0.15, 0.2) is 0 Å². The SMILES string of the molecule is Cc1cn(SI)c2ccc(-c3nnc(NC(C)(C)C)o3)cc12. The van der Waals surface area contributed by atoms with Crippen molar-refractivity contribution in [3.63, 3.8) is 0 Å². The Bertz CT molecular complexity index is 819. The van der Waals surface area contributed by atoms with Crippen LogP contribution in [0.1, 0.15) is 26.3 Å². The van der Waals surface area contributed by atoms with E-state index in [1.54, 1.807) is 9.12 Å². The molecule has 1 aromatic carbocycles. The van der Waals surface area contributed by atoms with Gasteiger partial charge in [-0.15, -0.1) is 5.10 Å². The molecule has 7 heteroatoms.